The molecule has 1 N–H and O–H groups in total. The molecule has 7 nitrogen and oxygen atoms in total. The number of carbonyl (C=O) groups excluding carboxylic acids is 1. The van der Waals surface area contributed by atoms with Crippen molar-refractivity contribution in [1.82, 2.24) is 9.55 Å². The predicted molar refractivity (Wildman–Crippen MR) is 105 cm³/mol. The molecule has 0 unspecified atom stereocenters. The van der Waals surface area contributed by atoms with Crippen LogP contribution in [0.1, 0.15) is 19.5 Å². The van der Waals surface area contributed by atoms with Gasteiger partial charge in [-0.2, -0.15) is 0 Å². The predicted octanol–water partition coefficient (Wildman–Crippen LogP) is 2.76. The van der Waals surface area contributed by atoms with E-state index in [-0.39, 0.29) is 24.0 Å². The first-order chi connectivity index (χ1) is 13.0. The number of ether oxygens (including phenoxy) is 2. The maximum atomic E-state index is 12.7. The Hall–Kier alpha value is -2.13. The van der Waals surface area contributed by atoms with Crippen LogP contribution in [-0.4, -0.2) is 33.3 Å². The van der Waals surface area contributed by atoms with Crippen molar-refractivity contribution in [3.05, 3.63) is 34.2 Å². The lowest BCUT2D eigenvalue weighted by Crippen LogP contribution is -2.25. The van der Waals surface area contributed by atoms with Crippen molar-refractivity contribution in [2.24, 2.45) is 0 Å². The topological polar surface area (TPSA) is 82.5 Å². The van der Waals surface area contributed by atoms with Crippen molar-refractivity contribution in [2.45, 2.75) is 42.1 Å². The number of nitrogens with one attached hydrogen (secondary N) is 1. The third-order valence-corrected chi connectivity index (χ3v) is 6.46. The number of nitrogens with zero attached hydrogens (tertiary/aromatic N) is 2. The molecule has 1 atom stereocenters. The van der Waals surface area contributed by atoms with Crippen molar-refractivity contribution in [2.75, 3.05) is 17.9 Å². The van der Waals surface area contributed by atoms with E-state index in [1.807, 2.05) is 6.92 Å². The van der Waals surface area contributed by atoms with E-state index in [9.17, 15) is 9.59 Å². The first-order valence-corrected chi connectivity index (χ1v) is 10.5. The molecule has 0 radical (unpaired) electrons. The summed E-state index contributed by atoms with van der Waals surface area (Å²) < 4.78 is 12.2. The smallest absolute Gasteiger partial charge is 0.268 e. The van der Waals surface area contributed by atoms with Crippen molar-refractivity contribution in [3.63, 3.8) is 0 Å². The lowest BCUT2D eigenvalue weighted by Gasteiger charge is -2.11. The zero-order valence-corrected chi connectivity index (χ0v) is 16.6. The molecule has 0 aliphatic carbocycles. The quantitative estimate of drug-likeness (QED) is 0.605. The van der Waals surface area contributed by atoms with E-state index in [2.05, 4.69) is 17.2 Å². The number of hydrogen-bond donors (Lipinski definition) is 1. The molecule has 9 heteroatoms. The Morgan fingerprint density at radius 3 is 3.04 bits per heavy atom. The largest absolute Gasteiger partial charge is 0.454 e. The van der Waals surface area contributed by atoms with Gasteiger partial charge in [-0.1, -0.05) is 18.7 Å². The third kappa shape index (κ3) is 3.66. The molecule has 0 bridgehead atoms. The van der Waals surface area contributed by atoms with E-state index in [4.69, 9.17) is 9.47 Å². The Bertz CT molecular complexity index is 960. The fourth-order valence-electron chi connectivity index (χ4n) is 3.02. The molecule has 3 heterocycles. The summed E-state index contributed by atoms with van der Waals surface area (Å²) in [6.07, 6.45) is 0.788. The van der Waals surface area contributed by atoms with Crippen LogP contribution in [0, 0.1) is 0 Å². The molecule has 2 aromatic rings. The monoisotopic (exact) mass is 405 g/mol. The molecular formula is C18H19N3O4S2. The van der Waals surface area contributed by atoms with Crippen LogP contribution >= 0.6 is 23.5 Å². The summed E-state index contributed by atoms with van der Waals surface area (Å²) in [6, 6.07) is 5.27. The Labute approximate surface area is 164 Å². The summed E-state index contributed by atoms with van der Waals surface area (Å²) in [5, 5.41) is 3.79. The number of aromatic nitrogens is 2. The van der Waals surface area contributed by atoms with Gasteiger partial charge in [-0.05, 0) is 19.1 Å². The second kappa shape index (κ2) is 7.47. The molecule has 0 saturated carbocycles. The van der Waals surface area contributed by atoms with Gasteiger partial charge in [-0.15, -0.1) is 11.8 Å². The van der Waals surface area contributed by atoms with Crippen LogP contribution in [0.5, 0.6) is 11.5 Å². The Morgan fingerprint density at radius 2 is 2.22 bits per heavy atom. The van der Waals surface area contributed by atoms with Gasteiger partial charge in [-0.3, -0.25) is 14.2 Å². The zero-order valence-electron chi connectivity index (χ0n) is 15.0. The molecule has 0 saturated heterocycles. The van der Waals surface area contributed by atoms with Crippen molar-refractivity contribution >= 4 is 35.1 Å². The molecule has 2 aliphatic rings. The van der Waals surface area contributed by atoms with Gasteiger partial charge in [0.1, 0.15) is 0 Å². The van der Waals surface area contributed by atoms with Crippen LogP contribution in [-0.2, 0) is 17.8 Å². The Kier molecular flexibility index (Phi) is 5.05. The number of carbonyl (C=O) groups is 1. The first-order valence-electron chi connectivity index (χ1n) is 8.67. The van der Waals surface area contributed by atoms with Crippen LogP contribution in [0.25, 0.3) is 0 Å². The second-order valence-corrected chi connectivity index (χ2v) is 8.65. The minimum Gasteiger partial charge on any atom is -0.454 e. The number of hydrogen-bond acceptors (Lipinski definition) is 7. The van der Waals surface area contributed by atoms with Gasteiger partial charge in [-0.25, -0.2) is 4.98 Å². The normalized spacial score (nSPS) is 17.0. The summed E-state index contributed by atoms with van der Waals surface area (Å²) in [7, 11) is 0. The van der Waals surface area contributed by atoms with Gasteiger partial charge in [0.05, 0.1) is 16.3 Å². The molecule has 2 aliphatic heterocycles. The van der Waals surface area contributed by atoms with Crippen LogP contribution in [0.2, 0.25) is 0 Å². The number of amides is 1. The highest BCUT2D eigenvalue weighted by atomic mass is 32.2. The van der Waals surface area contributed by atoms with E-state index >= 15 is 0 Å². The standard InChI is InChI=1S/C18H19N3O4S2/c1-3-21-17(23)16-12(6-10(2)27-16)20-18(21)26-8-15(22)19-11-4-5-13-14(7-11)25-9-24-13/h4-5,7,10H,3,6,8-9H2,1-2H3,(H,19,22)/t10-/m1/s1. The first kappa shape index (κ1) is 18.2. The molecule has 0 spiro atoms. The number of benzene rings is 1. The Balaban J connectivity index is 1.45. The molecule has 1 aromatic heterocycles. The lowest BCUT2D eigenvalue weighted by molar-refractivity contribution is -0.113. The van der Waals surface area contributed by atoms with E-state index in [0.29, 0.717) is 34.1 Å². The van der Waals surface area contributed by atoms with Gasteiger partial charge >= 0.3 is 0 Å². The van der Waals surface area contributed by atoms with Gasteiger partial charge in [0, 0.05) is 30.0 Å². The molecule has 142 valence electrons. The number of anilines is 1. The summed E-state index contributed by atoms with van der Waals surface area (Å²) in [5.41, 5.74) is 1.49. The summed E-state index contributed by atoms with van der Waals surface area (Å²) >= 11 is 2.87. The van der Waals surface area contributed by atoms with Gasteiger partial charge < -0.3 is 14.8 Å². The van der Waals surface area contributed by atoms with E-state index in [1.165, 1.54) is 11.8 Å². The highest BCUT2D eigenvalue weighted by Gasteiger charge is 2.26. The number of rotatable bonds is 5. The minimum absolute atomic E-state index is 0.00414. The maximum Gasteiger partial charge on any atom is 0.268 e. The average molecular weight is 406 g/mol. The van der Waals surface area contributed by atoms with E-state index in [0.717, 1.165) is 17.0 Å². The molecule has 4 rings (SSSR count). The third-order valence-electron chi connectivity index (χ3n) is 4.27. The SMILES string of the molecule is CCn1c(SCC(=O)Nc2ccc3c(c2)OCO3)nc2c(c1=O)S[C@H](C)C2. The molecule has 27 heavy (non-hydrogen) atoms. The average Bonchev–Trinajstić information content (AvgIpc) is 3.25. The highest BCUT2D eigenvalue weighted by molar-refractivity contribution is 8.00. The zero-order chi connectivity index (χ0) is 19.0. The van der Waals surface area contributed by atoms with E-state index in [1.54, 1.807) is 34.5 Å². The second-order valence-electron chi connectivity index (χ2n) is 6.26. The van der Waals surface area contributed by atoms with Crippen molar-refractivity contribution in [3.8, 4) is 11.5 Å². The van der Waals surface area contributed by atoms with E-state index < -0.39 is 0 Å². The Morgan fingerprint density at radius 1 is 1.41 bits per heavy atom. The van der Waals surface area contributed by atoms with Crippen molar-refractivity contribution < 1.29 is 14.3 Å². The van der Waals surface area contributed by atoms with Crippen molar-refractivity contribution in [1.29, 1.82) is 0 Å². The number of thioether (sulfide) groups is 2. The van der Waals surface area contributed by atoms with Gasteiger partial charge in [0.2, 0.25) is 12.7 Å². The molecular weight excluding hydrogens is 386 g/mol. The molecule has 0 fully saturated rings. The summed E-state index contributed by atoms with van der Waals surface area (Å²) in [5.74, 6) is 1.29. The van der Waals surface area contributed by atoms with Gasteiger partial charge in [0.25, 0.3) is 5.56 Å². The maximum absolute atomic E-state index is 12.7. The summed E-state index contributed by atoms with van der Waals surface area (Å²) in [6.45, 7) is 4.72. The van der Waals surface area contributed by atoms with Crippen LogP contribution in [0.3, 0.4) is 0 Å². The van der Waals surface area contributed by atoms with Crippen LogP contribution < -0.4 is 20.3 Å². The highest BCUT2D eigenvalue weighted by Crippen LogP contribution is 2.35. The summed E-state index contributed by atoms with van der Waals surface area (Å²) in [4.78, 5) is 30.4. The minimum atomic E-state index is -0.168. The number of fused-ring (bicyclic) bond motifs is 2. The van der Waals surface area contributed by atoms with Gasteiger partial charge in [0.15, 0.2) is 16.7 Å². The lowest BCUT2D eigenvalue weighted by atomic mass is 10.2. The van der Waals surface area contributed by atoms with Crippen LogP contribution in [0.15, 0.2) is 33.0 Å². The molecule has 1 amide bonds. The van der Waals surface area contributed by atoms with Crippen LogP contribution in [0.4, 0.5) is 5.69 Å². The fourth-order valence-corrected chi connectivity index (χ4v) is 5.02. The fraction of sp³-hybridized carbons (Fsp3) is 0.389. The molecule has 1 aromatic carbocycles.